The topological polar surface area (TPSA) is 77.7 Å². The van der Waals surface area contributed by atoms with Gasteiger partial charge in [-0.3, -0.25) is 4.79 Å². The van der Waals surface area contributed by atoms with Crippen molar-refractivity contribution in [2.24, 2.45) is 0 Å². The Morgan fingerprint density at radius 2 is 1.88 bits per heavy atom. The van der Waals surface area contributed by atoms with Crippen LogP contribution in [0.15, 0.2) is 71.3 Å². The number of methoxy groups -OCH3 is 1. The van der Waals surface area contributed by atoms with Crippen molar-refractivity contribution in [2.75, 3.05) is 14.2 Å². The third-order valence-corrected chi connectivity index (χ3v) is 5.21. The van der Waals surface area contributed by atoms with Gasteiger partial charge in [0.15, 0.2) is 6.10 Å². The molecule has 1 heterocycles. The number of ether oxygens (including phenoxy) is 2. The Hall–Kier alpha value is -3.87. The number of carbonyl (C=O) groups excluding carboxylic acids is 1. The fourth-order valence-corrected chi connectivity index (χ4v) is 3.49. The molecule has 164 valence electrons. The van der Waals surface area contributed by atoms with E-state index in [0.29, 0.717) is 29.6 Å². The molecule has 0 saturated heterocycles. The van der Waals surface area contributed by atoms with E-state index >= 15 is 0 Å². The van der Waals surface area contributed by atoms with Gasteiger partial charge in [0.25, 0.3) is 5.91 Å². The molecule has 3 aromatic carbocycles. The molecule has 0 bridgehead atoms. The summed E-state index contributed by atoms with van der Waals surface area (Å²) in [6.45, 7) is 2.11. The van der Waals surface area contributed by atoms with E-state index < -0.39 is 6.10 Å². The minimum atomic E-state index is -0.619. The van der Waals surface area contributed by atoms with E-state index in [1.165, 1.54) is 0 Å². The molecule has 0 unspecified atom stereocenters. The Kier molecular flexibility index (Phi) is 6.35. The number of likely N-dealkylation sites (N-methyl/N-ethyl adjacent to an activating group) is 1. The molecule has 0 N–H and O–H groups in total. The van der Waals surface area contributed by atoms with Gasteiger partial charge in [-0.2, -0.15) is 4.98 Å². The van der Waals surface area contributed by atoms with Crippen LogP contribution in [0.3, 0.4) is 0 Å². The minimum absolute atomic E-state index is 0.151. The van der Waals surface area contributed by atoms with Crippen molar-refractivity contribution < 1.29 is 18.8 Å². The lowest BCUT2D eigenvalue weighted by atomic mass is 10.1. The third-order valence-electron chi connectivity index (χ3n) is 5.21. The lowest BCUT2D eigenvalue weighted by molar-refractivity contribution is -0.138. The van der Waals surface area contributed by atoms with E-state index in [4.69, 9.17) is 14.0 Å². The van der Waals surface area contributed by atoms with Crippen molar-refractivity contribution in [3.8, 4) is 22.9 Å². The number of aromatic nitrogens is 2. The Bertz CT molecular complexity index is 1220. The van der Waals surface area contributed by atoms with Gasteiger partial charge in [0, 0.05) is 18.0 Å². The van der Waals surface area contributed by atoms with Crippen LogP contribution in [-0.4, -0.2) is 41.2 Å². The maximum Gasteiger partial charge on any atom is 0.263 e. The SMILES string of the molecule is CC[C@H](Oc1cccc2ccccc12)C(=O)N(C)Cc1nc(-c2cccc(OC)c2)no1. The highest BCUT2D eigenvalue weighted by atomic mass is 16.5. The first-order valence-electron chi connectivity index (χ1n) is 10.5. The van der Waals surface area contributed by atoms with Gasteiger partial charge in [0.1, 0.15) is 11.5 Å². The number of hydrogen-bond acceptors (Lipinski definition) is 6. The molecule has 0 spiro atoms. The second-order valence-electron chi connectivity index (χ2n) is 7.43. The standard InChI is InChI=1S/C25H25N3O4/c1-4-21(31-22-14-8-10-17-9-5-6-13-20(17)22)25(29)28(2)16-23-26-24(27-32-23)18-11-7-12-19(15-18)30-3/h5-15,21H,4,16H2,1-3H3/t21-/m0/s1. The third kappa shape index (κ3) is 4.56. The number of hydrogen-bond donors (Lipinski definition) is 0. The van der Waals surface area contributed by atoms with Crippen molar-refractivity contribution in [3.63, 3.8) is 0 Å². The summed E-state index contributed by atoms with van der Waals surface area (Å²) in [5, 5.41) is 6.07. The van der Waals surface area contributed by atoms with E-state index in [0.717, 1.165) is 16.3 Å². The summed E-state index contributed by atoms with van der Waals surface area (Å²) in [5.74, 6) is 2.03. The molecule has 32 heavy (non-hydrogen) atoms. The molecule has 0 saturated carbocycles. The van der Waals surface area contributed by atoms with Gasteiger partial charge < -0.3 is 18.9 Å². The fourth-order valence-electron chi connectivity index (χ4n) is 3.49. The highest BCUT2D eigenvalue weighted by molar-refractivity contribution is 5.89. The van der Waals surface area contributed by atoms with Crippen LogP contribution in [0.5, 0.6) is 11.5 Å². The van der Waals surface area contributed by atoms with E-state index in [-0.39, 0.29) is 12.5 Å². The Balaban J connectivity index is 1.46. The van der Waals surface area contributed by atoms with Gasteiger partial charge in [-0.25, -0.2) is 0 Å². The largest absolute Gasteiger partial charge is 0.497 e. The monoisotopic (exact) mass is 431 g/mol. The van der Waals surface area contributed by atoms with Crippen LogP contribution in [0.4, 0.5) is 0 Å². The summed E-state index contributed by atoms with van der Waals surface area (Å²) in [6, 6.07) is 21.2. The number of rotatable bonds is 8. The normalized spacial score (nSPS) is 11.8. The second kappa shape index (κ2) is 9.51. The molecule has 4 aromatic rings. The van der Waals surface area contributed by atoms with Gasteiger partial charge in [-0.05, 0) is 30.0 Å². The highest BCUT2D eigenvalue weighted by Gasteiger charge is 2.24. The van der Waals surface area contributed by atoms with Crippen LogP contribution in [0, 0.1) is 0 Å². The molecule has 1 aromatic heterocycles. The molecule has 0 aliphatic heterocycles. The van der Waals surface area contributed by atoms with Crippen LogP contribution in [0.1, 0.15) is 19.2 Å². The molecular weight excluding hydrogens is 406 g/mol. The van der Waals surface area contributed by atoms with Crippen LogP contribution >= 0.6 is 0 Å². The Morgan fingerprint density at radius 1 is 1.09 bits per heavy atom. The average Bonchev–Trinajstić information content (AvgIpc) is 3.30. The summed E-state index contributed by atoms with van der Waals surface area (Å²) >= 11 is 0. The smallest absolute Gasteiger partial charge is 0.263 e. The number of fused-ring (bicyclic) bond motifs is 1. The van der Waals surface area contributed by atoms with Crippen molar-refractivity contribution in [2.45, 2.75) is 26.0 Å². The van der Waals surface area contributed by atoms with Gasteiger partial charge in [-0.15, -0.1) is 0 Å². The maximum absolute atomic E-state index is 13.1. The van der Waals surface area contributed by atoms with Gasteiger partial charge >= 0.3 is 0 Å². The number of amides is 1. The Labute approximate surface area is 186 Å². The molecule has 0 radical (unpaired) electrons. The fraction of sp³-hybridized carbons (Fsp3) is 0.240. The summed E-state index contributed by atoms with van der Waals surface area (Å²) in [7, 11) is 3.30. The number of nitrogens with zero attached hydrogens (tertiary/aromatic N) is 3. The molecule has 4 rings (SSSR count). The number of carbonyl (C=O) groups is 1. The van der Waals surface area contributed by atoms with Crippen LogP contribution < -0.4 is 9.47 Å². The predicted molar refractivity (Wildman–Crippen MR) is 121 cm³/mol. The summed E-state index contributed by atoms with van der Waals surface area (Å²) in [5.41, 5.74) is 0.777. The van der Waals surface area contributed by atoms with Gasteiger partial charge in [0.2, 0.25) is 11.7 Å². The summed E-state index contributed by atoms with van der Waals surface area (Å²) < 4.78 is 16.7. The van der Waals surface area contributed by atoms with Crippen LogP contribution in [0.2, 0.25) is 0 Å². The lowest BCUT2D eigenvalue weighted by Gasteiger charge is -2.23. The van der Waals surface area contributed by atoms with Crippen LogP contribution in [-0.2, 0) is 11.3 Å². The predicted octanol–water partition coefficient (Wildman–Crippen LogP) is 4.71. The zero-order valence-corrected chi connectivity index (χ0v) is 18.3. The quantitative estimate of drug-likeness (QED) is 0.402. The van der Waals surface area contributed by atoms with Crippen molar-refractivity contribution in [1.82, 2.24) is 15.0 Å². The highest BCUT2D eigenvalue weighted by Crippen LogP contribution is 2.27. The van der Waals surface area contributed by atoms with Gasteiger partial charge in [-0.1, -0.05) is 60.6 Å². The van der Waals surface area contributed by atoms with E-state index in [1.807, 2.05) is 73.7 Å². The van der Waals surface area contributed by atoms with Crippen LogP contribution in [0.25, 0.3) is 22.2 Å². The van der Waals surface area contributed by atoms with E-state index in [2.05, 4.69) is 10.1 Å². The average molecular weight is 431 g/mol. The summed E-state index contributed by atoms with van der Waals surface area (Å²) in [4.78, 5) is 19.0. The minimum Gasteiger partial charge on any atom is -0.497 e. The molecule has 1 amide bonds. The molecule has 7 heteroatoms. The zero-order valence-electron chi connectivity index (χ0n) is 18.3. The molecular formula is C25H25N3O4. The second-order valence-corrected chi connectivity index (χ2v) is 7.43. The molecule has 0 aliphatic carbocycles. The number of benzene rings is 3. The first kappa shape index (κ1) is 21.4. The molecule has 7 nitrogen and oxygen atoms in total. The van der Waals surface area contributed by atoms with E-state index in [1.54, 1.807) is 19.1 Å². The van der Waals surface area contributed by atoms with Crippen molar-refractivity contribution in [1.29, 1.82) is 0 Å². The van der Waals surface area contributed by atoms with Crippen molar-refractivity contribution >= 4 is 16.7 Å². The zero-order chi connectivity index (χ0) is 22.5. The Morgan fingerprint density at radius 3 is 2.69 bits per heavy atom. The summed E-state index contributed by atoms with van der Waals surface area (Å²) in [6.07, 6.45) is -0.0859. The first-order chi connectivity index (χ1) is 15.6. The molecule has 0 aliphatic rings. The van der Waals surface area contributed by atoms with E-state index in [9.17, 15) is 4.79 Å². The van der Waals surface area contributed by atoms with Gasteiger partial charge in [0.05, 0.1) is 13.7 Å². The molecule has 1 atom stereocenters. The molecule has 0 fully saturated rings. The lowest BCUT2D eigenvalue weighted by Crippen LogP contribution is -2.39. The van der Waals surface area contributed by atoms with Crippen molar-refractivity contribution in [3.05, 3.63) is 72.6 Å². The first-order valence-corrected chi connectivity index (χ1v) is 10.5. The maximum atomic E-state index is 13.1.